The first kappa shape index (κ1) is 23.0. The van der Waals surface area contributed by atoms with Crippen LogP contribution < -0.4 is 0 Å². The Morgan fingerprint density at radius 3 is 2.24 bits per heavy atom. The topological polar surface area (TPSA) is 37.3 Å². The minimum atomic E-state index is -0.751. The number of hydrogen-bond acceptors (Lipinski definition) is 1. The summed E-state index contributed by atoms with van der Waals surface area (Å²) >= 11 is 3.65. The van der Waals surface area contributed by atoms with Crippen molar-refractivity contribution in [1.29, 1.82) is 0 Å². The zero-order valence-electron chi connectivity index (χ0n) is 17.8. The molecule has 3 rings (SSSR count). The molecule has 0 radical (unpaired) electrons. The van der Waals surface area contributed by atoms with Crippen LogP contribution >= 0.6 is 15.9 Å². The Morgan fingerprint density at radius 1 is 1.03 bits per heavy atom. The van der Waals surface area contributed by atoms with Crippen molar-refractivity contribution in [3.05, 3.63) is 24.3 Å². The van der Waals surface area contributed by atoms with Crippen LogP contribution in [0.5, 0.6) is 0 Å². The van der Waals surface area contributed by atoms with Gasteiger partial charge in [0, 0.05) is 10.7 Å². The van der Waals surface area contributed by atoms with Gasteiger partial charge in [0.25, 0.3) is 0 Å². The average molecular weight is 469 g/mol. The quantitative estimate of drug-likeness (QED) is 0.281. The summed E-state index contributed by atoms with van der Waals surface area (Å²) < 4.78 is 12.6. The van der Waals surface area contributed by atoms with Crippen molar-refractivity contribution >= 4 is 21.9 Å². The van der Waals surface area contributed by atoms with Gasteiger partial charge in [-0.1, -0.05) is 72.3 Å². The number of hydrogen-bond donors (Lipinski definition) is 1. The van der Waals surface area contributed by atoms with Crippen LogP contribution in [0.25, 0.3) is 0 Å². The second kappa shape index (κ2) is 10.6. The Kier molecular flexibility index (Phi) is 8.41. The largest absolute Gasteiger partial charge is 0.481 e. The lowest BCUT2D eigenvalue weighted by molar-refractivity contribution is -0.138. The fourth-order valence-electron chi connectivity index (χ4n) is 6.70. The van der Waals surface area contributed by atoms with Gasteiger partial charge >= 0.3 is 5.97 Å². The van der Waals surface area contributed by atoms with E-state index in [1.807, 2.05) is 12.2 Å². The number of carbonyl (C=O) groups is 1. The van der Waals surface area contributed by atoms with Gasteiger partial charge in [-0.3, -0.25) is 9.18 Å². The number of carboxylic acid groups (broad SMARTS) is 1. The predicted octanol–water partition coefficient (Wildman–Crippen LogP) is 7.48. The molecule has 4 heteroatoms. The van der Waals surface area contributed by atoms with Crippen LogP contribution in [0, 0.1) is 28.6 Å². The molecule has 29 heavy (non-hydrogen) atoms. The average Bonchev–Trinajstić information content (AvgIpc) is 2.77. The lowest BCUT2D eigenvalue weighted by Crippen LogP contribution is -2.48. The van der Waals surface area contributed by atoms with E-state index in [9.17, 15) is 14.3 Å². The monoisotopic (exact) mass is 468 g/mol. The highest BCUT2D eigenvalue weighted by molar-refractivity contribution is 9.09. The molecule has 0 bridgehead atoms. The SMILES string of the molecule is O=C(O)C1C=CC(C2CCC(CCCF)CC2)(C2(CCCBr)CCCCC2)C=C1. The van der Waals surface area contributed by atoms with Gasteiger partial charge in [0.1, 0.15) is 0 Å². The summed E-state index contributed by atoms with van der Waals surface area (Å²) in [7, 11) is 0. The Balaban J connectivity index is 1.88. The summed E-state index contributed by atoms with van der Waals surface area (Å²) in [4.78, 5) is 11.6. The molecule has 0 aliphatic heterocycles. The molecule has 0 aromatic carbocycles. The van der Waals surface area contributed by atoms with Crippen molar-refractivity contribution in [2.45, 2.75) is 83.5 Å². The van der Waals surface area contributed by atoms with Gasteiger partial charge in [-0.15, -0.1) is 0 Å². The number of alkyl halides is 2. The van der Waals surface area contributed by atoms with Crippen molar-refractivity contribution in [2.75, 3.05) is 12.0 Å². The van der Waals surface area contributed by atoms with Gasteiger partial charge in [-0.2, -0.15) is 0 Å². The van der Waals surface area contributed by atoms with Gasteiger partial charge in [-0.25, -0.2) is 0 Å². The number of halogens is 2. The van der Waals surface area contributed by atoms with Crippen LogP contribution in [0.2, 0.25) is 0 Å². The number of allylic oxidation sites excluding steroid dienone is 2. The molecule has 0 aromatic heterocycles. The molecule has 0 amide bonds. The Bertz CT molecular complexity index is 572. The summed E-state index contributed by atoms with van der Waals surface area (Å²) in [5, 5.41) is 10.5. The van der Waals surface area contributed by atoms with E-state index in [2.05, 4.69) is 28.1 Å². The van der Waals surface area contributed by atoms with E-state index in [0.29, 0.717) is 18.3 Å². The molecule has 0 aromatic rings. The maximum absolute atomic E-state index is 12.6. The van der Waals surface area contributed by atoms with Crippen LogP contribution in [0.15, 0.2) is 24.3 Å². The van der Waals surface area contributed by atoms with E-state index < -0.39 is 11.9 Å². The number of rotatable bonds is 9. The van der Waals surface area contributed by atoms with Gasteiger partial charge in [0.2, 0.25) is 0 Å². The Morgan fingerprint density at radius 2 is 1.69 bits per heavy atom. The van der Waals surface area contributed by atoms with Gasteiger partial charge in [-0.05, 0) is 68.6 Å². The fraction of sp³-hybridized carbons (Fsp3) is 0.800. The third-order valence-corrected chi connectivity index (χ3v) is 8.79. The summed E-state index contributed by atoms with van der Waals surface area (Å²) in [5.74, 6) is 0.0204. The summed E-state index contributed by atoms with van der Waals surface area (Å²) in [5.41, 5.74) is 0.249. The van der Waals surface area contributed by atoms with Crippen molar-refractivity contribution in [3.63, 3.8) is 0 Å². The van der Waals surface area contributed by atoms with E-state index in [0.717, 1.165) is 11.8 Å². The molecule has 2 nitrogen and oxygen atoms in total. The molecular weight excluding hydrogens is 431 g/mol. The van der Waals surface area contributed by atoms with E-state index in [4.69, 9.17) is 0 Å². The second-order valence-corrected chi connectivity index (χ2v) is 10.5. The van der Waals surface area contributed by atoms with Crippen molar-refractivity contribution in [3.8, 4) is 0 Å². The van der Waals surface area contributed by atoms with Gasteiger partial charge in [0.05, 0.1) is 12.6 Å². The third-order valence-electron chi connectivity index (χ3n) is 8.23. The molecular formula is C25H38BrFO2. The lowest BCUT2D eigenvalue weighted by atomic mass is 9.47. The molecule has 0 spiro atoms. The third kappa shape index (κ3) is 4.99. The highest BCUT2D eigenvalue weighted by Gasteiger charge is 2.53. The predicted molar refractivity (Wildman–Crippen MR) is 121 cm³/mol. The summed E-state index contributed by atoms with van der Waals surface area (Å²) in [6.07, 6.45) is 23.9. The first-order chi connectivity index (χ1) is 14.1. The molecule has 0 heterocycles. The molecule has 1 N–H and O–H groups in total. The van der Waals surface area contributed by atoms with E-state index >= 15 is 0 Å². The van der Waals surface area contributed by atoms with E-state index in [1.165, 1.54) is 70.6 Å². The van der Waals surface area contributed by atoms with Gasteiger partial charge in [0.15, 0.2) is 0 Å². The molecule has 0 atom stereocenters. The summed E-state index contributed by atoms with van der Waals surface area (Å²) in [6, 6.07) is 0. The first-order valence-corrected chi connectivity index (χ1v) is 12.9. The zero-order valence-corrected chi connectivity index (χ0v) is 19.3. The second-order valence-electron chi connectivity index (χ2n) is 9.70. The van der Waals surface area contributed by atoms with Crippen LogP contribution in [0.4, 0.5) is 4.39 Å². The number of carboxylic acids is 1. The molecule has 3 aliphatic rings. The lowest BCUT2D eigenvalue weighted by Gasteiger charge is -2.56. The van der Waals surface area contributed by atoms with Crippen molar-refractivity contribution in [1.82, 2.24) is 0 Å². The Labute approximate surface area is 184 Å². The molecule has 164 valence electrons. The fourth-order valence-corrected chi connectivity index (χ4v) is 6.98. The minimum Gasteiger partial charge on any atom is -0.481 e. The zero-order chi connectivity index (χ0) is 20.7. The highest BCUT2D eigenvalue weighted by atomic mass is 79.9. The van der Waals surface area contributed by atoms with E-state index in [1.54, 1.807) is 0 Å². The van der Waals surface area contributed by atoms with Crippen molar-refractivity contribution in [2.24, 2.45) is 28.6 Å². The van der Waals surface area contributed by atoms with Crippen molar-refractivity contribution < 1.29 is 14.3 Å². The minimum absolute atomic E-state index is 0.00734. The Hall–Kier alpha value is -0.640. The van der Waals surface area contributed by atoms with E-state index in [-0.39, 0.29) is 17.5 Å². The normalized spacial score (nSPS) is 34.2. The maximum Gasteiger partial charge on any atom is 0.314 e. The molecule has 0 saturated heterocycles. The molecule has 3 aliphatic carbocycles. The van der Waals surface area contributed by atoms with Gasteiger partial charge < -0.3 is 5.11 Å². The number of aliphatic carboxylic acids is 1. The molecule has 0 unspecified atom stereocenters. The highest BCUT2D eigenvalue weighted by Crippen LogP contribution is 2.62. The van der Waals surface area contributed by atoms with Crippen LogP contribution in [-0.2, 0) is 4.79 Å². The standard InChI is InChI=1S/C25H38BrFO2/c26-18-5-15-24(13-2-1-3-14-24)25(16-11-21(12-17-25)23(28)29)22-9-7-20(8-10-22)6-4-19-27/h11-12,16-17,20-22H,1-10,13-15,18-19H2,(H,28,29). The summed E-state index contributed by atoms with van der Waals surface area (Å²) in [6.45, 7) is -0.193. The smallest absolute Gasteiger partial charge is 0.314 e. The molecule has 2 fully saturated rings. The van der Waals surface area contributed by atoms with Crippen LogP contribution in [0.1, 0.15) is 83.5 Å². The van der Waals surface area contributed by atoms with Crippen LogP contribution in [-0.4, -0.2) is 23.1 Å². The maximum atomic E-state index is 12.6. The molecule has 2 saturated carbocycles. The van der Waals surface area contributed by atoms with Crippen LogP contribution in [0.3, 0.4) is 0 Å². The first-order valence-electron chi connectivity index (χ1n) is 11.8.